The molecule has 0 spiro atoms. The van der Waals surface area contributed by atoms with Crippen molar-refractivity contribution >= 4 is 11.8 Å². The van der Waals surface area contributed by atoms with E-state index in [2.05, 4.69) is 6.07 Å². The molecule has 1 amide bonds. The lowest BCUT2D eigenvalue weighted by molar-refractivity contribution is -0.0794. The molecule has 0 radical (unpaired) electrons. The van der Waals surface area contributed by atoms with E-state index < -0.39 is 11.3 Å². The number of hydrogen-bond donors (Lipinski definition) is 1. The minimum atomic E-state index is -0.704. The molecule has 5 heteroatoms. The van der Waals surface area contributed by atoms with Gasteiger partial charge in [-0.1, -0.05) is 12.1 Å². The minimum absolute atomic E-state index is 0.0193. The summed E-state index contributed by atoms with van der Waals surface area (Å²) >= 11 is 0. The first-order chi connectivity index (χ1) is 10.6. The largest absolute Gasteiger partial charge is 0.444 e. The van der Waals surface area contributed by atoms with E-state index in [9.17, 15) is 4.79 Å². The number of nitrogens with two attached hydrogens (primary N) is 1. The Hall–Kier alpha value is -1.75. The quantitative estimate of drug-likeness (QED) is 0.742. The van der Waals surface area contributed by atoms with E-state index in [0.29, 0.717) is 0 Å². The maximum atomic E-state index is 12.7. The molecular formula is C18H26N2O3. The molecule has 1 heterocycles. The molecule has 2 aliphatic rings. The maximum Gasteiger partial charge on any atom is 0.412 e. The third-order valence-corrected chi connectivity index (χ3v) is 4.51. The van der Waals surface area contributed by atoms with Gasteiger partial charge in [0.25, 0.3) is 0 Å². The van der Waals surface area contributed by atoms with Crippen molar-refractivity contribution in [1.29, 1.82) is 0 Å². The number of fused-ring (bicyclic) bond motifs is 3. The van der Waals surface area contributed by atoms with Crippen LogP contribution in [0.15, 0.2) is 18.2 Å². The highest BCUT2D eigenvalue weighted by molar-refractivity contribution is 5.70. The van der Waals surface area contributed by atoms with Gasteiger partial charge in [0, 0.05) is 5.69 Å². The van der Waals surface area contributed by atoms with Gasteiger partial charge >= 0.3 is 6.09 Å². The van der Waals surface area contributed by atoms with Gasteiger partial charge in [0.05, 0.1) is 6.04 Å². The number of anilines is 1. The Kier molecular flexibility index (Phi) is 3.59. The lowest BCUT2D eigenvalue weighted by atomic mass is 9.85. The summed E-state index contributed by atoms with van der Waals surface area (Å²) in [6, 6.07) is 5.90. The number of carbonyl (C=O) groups excluding carboxylic acids is 1. The van der Waals surface area contributed by atoms with Crippen molar-refractivity contribution in [3.8, 4) is 0 Å². The van der Waals surface area contributed by atoms with Crippen LogP contribution >= 0.6 is 0 Å². The van der Waals surface area contributed by atoms with Crippen LogP contribution in [0, 0.1) is 0 Å². The van der Waals surface area contributed by atoms with Crippen LogP contribution in [0.4, 0.5) is 10.5 Å². The van der Waals surface area contributed by atoms with E-state index in [-0.39, 0.29) is 18.2 Å². The summed E-state index contributed by atoms with van der Waals surface area (Å²) in [5.41, 5.74) is 7.93. The van der Waals surface area contributed by atoms with Crippen LogP contribution in [0.2, 0.25) is 0 Å². The van der Waals surface area contributed by atoms with Crippen molar-refractivity contribution in [3.05, 3.63) is 29.3 Å². The van der Waals surface area contributed by atoms with Crippen molar-refractivity contribution in [3.63, 3.8) is 0 Å². The van der Waals surface area contributed by atoms with Crippen LogP contribution in [0.5, 0.6) is 0 Å². The summed E-state index contributed by atoms with van der Waals surface area (Å²) in [5, 5.41) is 0. The second-order valence-electron chi connectivity index (χ2n) is 7.86. The van der Waals surface area contributed by atoms with Crippen LogP contribution in [0.3, 0.4) is 0 Å². The highest BCUT2D eigenvalue weighted by Gasteiger charge is 2.53. The summed E-state index contributed by atoms with van der Waals surface area (Å²) in [4.78, 5) is 14.5. The van der Waals surface area contributed by atoms with Gasteiger partial charge in [-0.2, -0.15) is 0 Å². The summed E-state index contributed by atoms with van der Waals surface area (Å²) in [6.45, 7) is 9.47. The second kappa shape index (κ2) is 5.13. The van der Waals surface area contributed by atoms with Crippen molar-refractivity contribution in [2.24, 2.45) is 0 Å². The van der Waals surface area contributed by atoms with Gasteiger partial charge in [0.15, 0.2) is 0 Å². The van der Waals surface area contributed by atoms with Gasteiger partial charge in [-0.05, 0) is 64.7 Å². The highest BCUT2D eigenvalue weighted by atomic mass is 16.6. The molecule has 3 rings (SSSR count). The SMILES string of the molecule is CC(C)(C)OC(=O)N1C2CCc3c(N)cccc3C2OC1(C)C. The maximum absolute atomic E-state index is 12.7. The number of carbonyl (C=O) groups is 1. The molecule has 1 fully saturated rings. The van der Waals surface area contributed by atoms with E-state index in [1.54, 1.807) is 4.90 Å². The Morgan fingerprint density at radius 2 is 2.09 bits per heavy atom. The molecule has 1 saturated heterocycles. The number of nitrogen functional groups attached to an aromatic ring is 1. The third kappa shape index (κ3) is 2.78. The van der Waals surface area contributed by atoms with Crippen molar-refractivity contribution in [2.75, 3.05) is 5.73 Å². The third-order valence-electron chi connectivity index (χ3n) is 4.51. The van der Waals surface area contributed by atoms with Crippen molar-refractivity contribution in [2.45, 2.75) is 70.9 Å². The molecule has 1 aromatic carbocycles. The highest BCUT2D eigenvalue weighted by Crippen LogP contribution is 2.47. The fourth-order valence-corrected chi connectivity index (χ4v) is 3.67. The zero-order chi connectivity index (χ0) is 17.0. The van der Waals surface area contributed by atoms with Gasteiger partial charge in [-0.25, -0.2) is 4.79 Å². The monoisotopic (exact) mass is 318 g/mol. The Morgan fingerprint density at radius 1 is 1.39 bits per heavy atom. The number of hydrogen-bond acceptors (Lipinski definition) is 4. The summed E-state index contributed by atoms with van der Waals surface area (Å²) in [7, 11) is 0. The topological polar surface area (TPSA) is 64.8 Å². The molecular weight excluding hydrogens is 292 g/mol. The summed E-state index contributed by atoms with van der Waals surface area (Å²) in [6.07, 6.45) is 1.21. The molecule has 126 valence electrons. The summed E-state index contributed by atoms with van der Waals surface area (Å²) in [5.74, 6) is 0. The fraction of sp³-hybridized carbons (Fsp3) is 0.611. The number of ether oxygens (including phenoxy) is 2. The predicted octanol–water partition coefficient (Wildman–Crippen LogP) is 3.63. The Bertz CT molecular complexity index is 634. The van der Waals surface area contributed by atoms with E-state index >= 15 is 0 Å². The average Bonchev–Trinajstić information content (AvgIpc) is 2.67. The van der Waals surface area contributed by atoms with Crippen LogP contribution in [-0.4, -0.2) is 28.4 Å². The number of nitrogens with zero attached hydrogens (tertiary/aromatic N) is 1. The number of benzene rings is 1. The second-order valence-corrected chi connectivity index (χ2v) is 7.86. The first kappa shape index (κ1) is 16.1. The number of rotatable bonds is 0. The molecule has 2 atom stereocenters. The summed E-state index contributed by atoms with van der Waals surface area (Å²) < 4.78 is 11.9. The Balaban J connectivity index is 1.95. The first-order valence-electron chi connectivity index (χ1n) is 8.17. The van der Waals surface area contributed by atoms with Gasteiger partial charge in [0.2, 0.25) is 0 Å². The standard InChI is InChI=1S/C18H26N2O3/c1-17(2,3)23-16(21)20-14-10-9-11-12(7-6-8-13(11)19)15(14)22-18(20,4)5/h6-8,14-15H,9-10,19H2,1-5H3. The lowest BCUT2D eigenvalue weighted by Gasteiger charge is -2.36. The fourth-order valence-electron chi connectivity index (χ4n) is 3.67. The molecule has 0 bridgehead atoms. The molecule has 1 aromatic rings. The Labute approximate surface area is 137 Å². The molecule has 5 nitrogen and oxygen atoms in total. The van der Waals surface area contributed by atoms with Crippen LogP contribution in [-0.2, 0) is 15.9 Å². The van der Waals surface area contributed by atoms with E-state index in [0.717, 1.165) is 29.7 Å². The smallest absolute Gasteiger partial charge is 0.412 e. The van der Waals surface area contributed by atoms with Crippen molar-refractivity contribution in [1.82, 2.24) is 4.90 Å². The Morgan fingerprint density at radius 3 is 2.74 bits per heavy atom. The van der Waals surface area contributed by atoms with Crippen LogP contribution < -0.4 is 5.73 Å². The molecule has 2 N–H and O–H groups in total. The van der Waals surface area contributed by atoms with E-state index in [1.807, 2.05) is 46.8 Å². The predicted molar refractivity (Wildman–Crippen MR) is 88.9 cm³/mol. The zero-order valence-electron chi connectivity index (χ0n) is 14.6. The molecule has 1 aliphatic heterocycles. The molecule has 2 unspecified atom stereocenters. The minimum Gasteiger partial charge on any atom is -0.444 e. The molecule has 23 heavy (non-hydrogen) atoms. The number of amides is 1. The van der Waals surface area contributed by atoms with Crippen molar-refractivity contribution < 1.29 is 14.3 Å². The van der Waals surface area contributed by atoms with Crippen LogP contribution in [0.1, 0.15) is 58.3 Å². The normalized spacial score (nSPS) is 25.7. The molecule has 0 saturated carbocycles. The van der Waals surface area contributed by atoms with Gasteiger partial charge < -0.3 is 15.2 Å². The van der Waals surface area contributed by atoms with E-state index in [4.69, 9.17) is 15.2 Å². The molecule has 0 aromatic heterocycles. The zero-order valence-corrected chi connectivity index (χ0v) is 14.6. The lowest BCUT2D eigenvalue weighted by Crippen LogP contribution is -2.50. The molecule has 1 aliphatic carbocycles. The van der Waals surface area contributed by atoms with E-state index in [1.165, 1.54) is 0 Å². The van der Waals surface area contributed by atoms with Gasteiger partial charge in [0.1, 0.15) is 17.4 Å². The van der Waals surface area contributed by atoms with Crippen LogP contribution in [0.25, 0.3) is 0 Å². The first-order valence-corrected chi connectivity index (χ1v) is 8.17. The van der Waals surface area contributed by atoms with Gasteiger partial charge in [-0.3, -0.25) is 4.90 Å². The average molecular weight is 318 g/mol. The van der Waals surface area contributed by atoms with Gasteiger partial charge in [-0.15, -0.1) is 0 Å².